The maximum Gasteiger partial charge on any atom is 0.387 e. The minimum atomic E-state index is -3.03. The van der Waals surface area contributed by atoms with E-state index < -0.39 is 12.0 Å². The molecule has 0 bridgehead atoms. The number of carbonyl (C=O) groups is 2. The van der Waals surface area contributed by atoms with E-state index in [2.05, 4.69) is 10.8 Å². The van der Waals surface area contributed by atoms with Crippen LogP contribution in [0.25, 0.3) is 0 Å². The Morgan fingerprint density at radius 3 is 2.52 bits per heavy atom. The van der Waals surface area contributed by atoms with Gasteiger partial charge < -0.3 is 18.9 Å². The van der Waals surface area contributed by atoms with Crippen LogP contribution >= 0.6 is 0 Å². The van der Waals surface area contributed by atoms with Crippen molar-refractivity contribution in [2.45, 2.75) is 63.3 Å². The van der Waals surface area contributed by atoms with Gasteiger partial charge in [0.2, 0.25) is 0 Å². The van der Waals surface area contributed by atoms with Gasteiger partial charge in [-0.05, 0) is 43.4 Å². The highest BCUT2D eigenvalue weighted by atomic mass is 19.3. The van der Waals surface area contributed by atoms with Crippen LogP contribution < -0.4 is 9.47 Å². The summed E-state index contributed by atoms with van der Waals surface area (Å²) in [6.45, 7) is -0.508. The fraction of sp³-hybridized carbons (Fsp3) is 0.609. The molecule has 0 spiro atoms. The fourth-order valence-corrected chi connectivity index (χ4v) is 4.43. The van der Waals surface area contributed by atoms with Crippen molar-refractivity contribution in [2.75, 3.05) is 26.7 Å². The van der Waals surface area contributed by atoms with Crippen LogP contribution in [0.2, 0.25) is 0 Å². The molecule has 2 unspecified atom stereocenters. The number of rotatable bonds is 8. The molecule has 33 heavy (non-hydrogen) atoms. The number of alkyl halides is 2. The van der Waals surface area contributed by atoms with Gasteiger partial charge in [0.05, 0.1) is 25.1 Å². The molecule has 1 saturated heterocycles. The predicted molar refractivity (Wildman–Crippen MR) is 112 cm³/mol. The van der Waals surface area contributed by atoms with E-state index in [1.165, 1.54) is 20.1 Å². The van der Waals surface area contributed by atoms with Gasteiger partial charge in [-0.3, -0.25) is 14.5 Å². The van der Waals surface area contributed by atoms with E-state index in [0.29, 0.717) is 50.8 Å². The summed E-state index contributed by atoms with van der Waals surface area (Å²) in [7, 11) is 1.33. The largest absolute Gasteiger partial charge is 0.486 e. The molecule has 0 N–H and O–H groups in total. The number of esters is 2. The van der Waals surface area contributed by atoms with Gasteiger partial charge in [0.25, 0.3) is 0 Å². The fourth-order valence-electron chi connectivity index (χ4n) is 4.43. The maximum atomic E-state index is 13.0. The minimum Gasteiger partial charge on any atom is -0.486 e. The SMILES string of the molecule is COC(=O)CN1CCC(C#N)(c2ccc(OC(F)F)c(OC3CCC(OC(C)=O)C3)c2)CC1. The average Bonchev–Trinajstić information content (AvgIpc) is 3.21. The Morgan fingerprint density at radius 2 is 1.91 bits per heavy atom. The smallest absolute Gasteiger partial charge is 0.387 e. The van der Waals surface area contributed by atoms with Crippen LogP contribution in [-0.2, 0) is 24.5 Å². The Hall–Kier alpha value is -2.93. The first-order chi connectivity index (χ1) is 15.7. The first-order valence-electron chi connectivity index (χ1n) is 10.9. The lowest BCUT2D eigenvalue weighted by molar-refractivity contribution is -0.146. The molecule has 1 aromatic carbocycles. The topological polar surface area (TPSA) is 98.1 Å². The quantitative estimate of drug-likeness (QED) is 0.539. The van der Waals surface area contributed by atoms with Crippen molar-refractivity contribution in [1.82, 2.24) is 4.90 Å². The van der Waals surface area contributed by atoms with Crippen LogP contribution in [-0.4, -0.2) is 62.4 Å². The maximum absolute atomic E-state index is 13.0. The summed E-state index contributed by atoms with van der Waals surface area (Å²) in [6.07, 6.45) is 1.99. The molecule has 0 aromatic heterocycles. The van der Waals surface area contributed by atoms with Crippen LogP contribution in [0.3, 0.4) is 0 Å². The van der Waals surface area contributed by atoms with Gasteiger partial charge in [-0.2, -0.15) is 14.0 Å². The molecule has 2 aliphatic rings. The van der Waals surface area contributed by atoms with Gasteiger partial charge >= 0.3 is 18.6 Å². The molecule has 2 atom stereocenters. The monoisotopic (exact) mass is 466 g/mol. The summed E-state index contributed by atoms with van der Waals surface area (Å²) >= 11 is 0. The molecule has 0 radical (unpaired) electrons. The first kappa shape index (κ1) is 24.7. The molecular weight excluding hydrogens is 438 g/mol. The highest BCUT2D eigenvalue weighted by molar-refractivity contribution is 5.71. The lowest BCUT2D eigenvalue weighted by Gasteiger charge is -2.37. The van der Waals surface area contributed by atoms with Crippen LogP contribution in [0.1, 0.15) is 44.6 Å². The molecule has 180 valence electrons. The highest BCUT2D eigenvalue weighted by Crippen LogP contribution is 2.41. The van der Waals surface area contributed by atoms with Gasteiger partial charge in [-0.1, -0.05) is 6.07 Å². The van der Waals surface area contributed by atoms with Crippen molar-refractivity contribution in [3.8, 4) is 17.6 Å². The number of piperidine rings is 1. The number of carbonyl (C=O) groups excluding carboxylic acids is 2. The van der Waals surface area contributed by atoms with Gasteiger partial charge in [0.1, 0.15) is 12.2 Å². The number of hydrogen-bond donors (Lipinski definition) is 0. The van der Waals surface area contributed by atoms with E-state index in [1.807, 2.05) is 4.90 Å². The third-order valence-corrected chi connectivity index (χ3v) is 6.18. The van der Waals surface area contributed by atoms with Gasteiger partial charge in [-0.25, -0.2) is 0 Å². The minimum absolute atomic E-state index is 0.110. The van der Waals surface area contributed by atoms with Gasteiger partial charge in [0.15, 0.2) is 11.5 Å². The summed E-state index contributed by atoms with van der Waals surface area (Å²) in [5, 5.41) is 10.0. The van der Waals surface area contributed by atoms with Crippen LogP contribution in [0.5, 0.6) is 11.5 Å². The standard InChI is InChI=1S/C23H28F2N2O6/c1-15(28)31-17-4-5-18(12-17)32-20-11-16(3-6-19(20)33-22(24)25)23(14-26)7-9-27(10-8-23)13-21(29)30-2/h3,6,11,17-18,22H,4-5,7-10,12-13H2,1-2H3. The molecule has 1 aliphatic carbocycles. The molecule has 10 heteroatoms. The van der Waals surface area contributed by atoms with Crippen LogP contribution in [0.15, 0.2) is 18.2 Å². The lowest BCUT2D eigenvalue weighted by Crippen LogP contribution is -2.44. The number of halogens is 2. The molecule has 1 saturated carbocycles. The number of nitrogens with zero attached hydrogens (tertiary/aromatic N) is 2. The van der Waals surface area contributed by atoms with E-state index in [1.54, 1.807) is 12.1 Å². The molecular formula is C23H28F2N2O6. The van der Waals surface area contributed by atoms with Crippen molar-refractivity contribution >= 4 is 11.9 Å². The molecule has 1 aromatic rings. The molecule has 3 rings (SSSR count). The third-order valence-electron chi connectivity index (χ3n) is 6.18. The number of methoxy groups -OCH3 is 1. The van der Waals surface area contributed by atoms with Crippen molar-refractivity contribution in [3.63, 3.8) is 0 Å². The lowest BCUT2D eigenvalue weighted by atomic mass is 9.74. The highest BCUT2D eigenvalue weighted by Gasteiger charge is 2.38. The van der Waals surface area contributed by atoms with Gasteiger partial charge in [-0.15, -0.1) is 0 Å². The molecule has 1 aliphatic heterocycles. The third kappa shape index (κ3) is 6.32. The molecule has 8 nitrogen and oxygen atoms in total. The summed E-state index contributed by atoms with van der Waals surface area (Å²) < 4.78 is 46.5. The van der Waals surface area contributed by atoms with Crippen molar-refractivity contribution in [1.29, 1.82) is 5.26 Å². The second kappa shape index (κ2) is 10.8. The van der Waals surface area contributed by atoms with E-state index in [0.717, 1.165) is 0 Å². The van der Waals surface area contributed by atoms with Crippen molar-refractivity contribution < 1.29 is 37.3 Å². The summed E-state index contributed by atoms with van der Waals surface area (Å²) in [4.78, 5) is 24.7. The zero-order valence-electron chi connectivity index (χ0n) is 18.7. The molecule has 1 heterocycles. The molecule has 0 amide bonds. The van der Waals surface area contributed by atoms with Gasteiger partial charge in [0, 0.05) is 26.4 Å². The molecule has 2 fully saturated rings. The van der Waals surface area contributed by atoms with E-state index in [4.69, 9.17) is 14.2 Å². The van der Waals surface area contributed by atoms with E-state index in [-0.39, 0.29) is 42.2 Å². The Labute approximate surface area is 191 Å². The predicted octanol–water partition coefficient (Wildman–Crippen LogP) is 3.18. The Balaban J connectivity index is 1.78. The number of likely N-dealkylation sites (tertiary alicyclic amines) is 1. The number of ether oxygens (including phenoxy) is 4. The first-order valence-corrected chi connectivity index (χ1v) is 10.9. The number of hydrogen-bond acceptors (Lipinski definition) is 8. The van der Waals surface area contributed by atoms with E-state index >= 15 is 0 Å². The second-order valence-electron chi connectivity index (χ2n) is 8.37. The zero-order chi connectivity index (χ0) is 24.0. The van der Waals surface area contributed by atoms with E-state index in [9.17, 15) is 23.6 Å². The average molecular weight is 466 g/mol. The van der Waals surface area contributed by atoms with Crippen molar-refractivity contribution in [3.05, 3.63) is 23.8 Å². The van der Waals surface area contributed by atoms with Crippen LogP contribution in [0, 0.1) is 11.3 Å². The van der Waals surface area contributed by atoms with Crippen molar-refractivity contribution in [2.24, 2.45) is 0 Å². The summed E-state index contributed by atoms with van der Waals surface area (Å²) in [6, 6.07) is 6.99. The second-order valence-corrected chi connectivity index (χ2v) is 8.37. The summed E-state index contributed by atoms with van der Waals surface area (Å²) in [5.74, 6) is -0.695. The Morgan fingerprint density at radius 1 is 1.21 bits per heavy atom. The normalized spacial score (nSPS) is 22.4. The number of benzene rings is 1. The Bertz CT molecular complexity index is 895. The summed E-state index contributed by atoms with van der Waals surface area (Å²) in [5.41, 5.74) is -0.196. The Kier molecular flexibility index (Phi) is 8.08. The zero-order valence-corrected chi connectivity index (χ0v) is 18.7. The number of nitriles is 1. The van der Waals surface area contributed by atoms with Crippen LogP contribution in [0.4, 0.5) is 8.78 Å².